The van der Waals surface area contributed by atoms with Crippen molar-refractivity contribution in [1.29, 1.82) is 0 Å². The molecule has 0 spiro atoms. The van der Waals surface area contributed by atoms with E-state index >= 15 is 0 Å². The van der Waals surface area contributed by atoms with Gasteiger partial charge in [0, 0.05) is 6.07 Å². The van der Waals surface area contributed by atoms with Crippen molar-refractivity contribution in [2.75, 3.05) is 11.8 Å². The predicted molar refractivity (Wildman–Crippen MR) is 84.2 cm³/mol. The molecule has 0 unspecified atom stereocenters. The van der Waals surface area contributed by atoms with E-state index in [2.05, 4.69) is 4.72 Å². The van der Waals surface area contributed by atoms with Gasteiger partial charge in [0.05, 0.1) is 28.8 Å². The molecule has 126 valence electrons. The van der Waals surface area contributed by atoms with Gasteiger partial charge in [-0.05, 0) is 30.3 Å². The first-order valence-corrected chi connectivity index (χ1v) is 8.00. The lowest BCUT2D eigenvalue weighted by atomic mass is 10.1. The molecular formula is C15H13NO7S. The molecule has 8 nitrogen and oxygen atoms in total. The second kappa shape index (κ2) is 6.59. The molecule has 0 heterocycles. The van der Waals surface area contributed by atoms with Gasteiger partial charge in [-0.25, -0.2) is 18.0 Å². The Morgan fingerprint density at radius 3 is 2.25 bits per heavy atom. The average Bonchev–Trinajstić information content (AvgIpc) is 2.53. The maximum absolute atomic E-state index is 12.4. The summed E-state index contributed by atoms with van der Waals surface area (Å²) in [6, 6.07) is 8.90. The van der Waals surface area contributed by atoms with E-state index in [-0.39, 0.29) is 10.6 Å². The number of hydrogen-bond donors (Lipinski definition) is 3. The zero-order valence-corrected chi connectivity index (χ0v) is 13.2. The lowest BCUT2D eigenvalue weighted by Crippen LogP contribution is -2.15. The highest BCUT2D eigenvalue weighted by atomic mass is 32.2. The SMILES string of the molecule is COc1cccc(NS(=O)(=O)c2ccc(C(=O)O)c(C(=O)O)c2)c1. The highest BCUT2D eigenvalue weighted by molar-refractivity contribution is 7.92. The second-order valence-corrected chi connectivity index (χ2v) is 6.34. The van der Waals surface area contributed by atoms with E-state index in [4.69, 9.17) is 14.9 Å². The summed E-state index contributed by atoms with van der Waals surface area (Å²) in [6.07, 6.45) is 0. The number of sulfonamides is 1. The van der Waals surface area contributed by atoms with Gasteiger partial charge in [0.1, 0.15) is 5.75 Å². The normalized spacial score (nSPS) is 10.9. The number of anilines is 1. The molecule has 0 bridgehead atoms. The predicted octanol–water partition coefficient (Wildman–Crippen LogP) is 1.89. The summed E-state index contributed by atoms with van der Waals surface area (Å²) in [4.78, 5) is 21.8. The molecule has 2 rings (SSSR count). The molecule has 0 radical (unpaired) electrons. The molecule has 0 amide bonds. The van der Waals surface area contributed by atoms with Crippen LogP contribution in [0.25, 0.3) is 0 Å². The molecule has 3 N–H and O–H groups in total. The molecule has 0 aliphatic heterocycles. The molecule has 0 atom stereocenters. The first-order valence-electron chi connectivity index (χ1n) is 6.52. The highest BCUT2D eigenvalue weighted by Gasteiger charge is 2.21. The number of carboxylic acids is 2. The maximum atomic E-state index is 12.4. The second-order valence-electron chi connectivity index (χ2n) is 4.66. The fourth-order valence-electron chi connectivity index (χ4n) is 1.95. The van der Waals surface area contributed by atoms with Gasteiger partial charge < -0.3 is 14.9 Å². The van der Waals surface area contributed by atoms with Gasteiger partial charge in [-0.2, -0.15) is 0 Å². The van der Waals surface area contributed by atoms with Crippen molar-refractivity contribution < 1.29 is 33.0 Å². The minimum absolute atomic E-state index is 0.216. The van der Waals surface area contributed by atoms with E-state index in [9.17, 15) is 18.0 Å². The molecule has 2 aromatic carbocycles. The quantitative estimate of drug-likeness (QED) is 0.724. The summed E-state index contributed by atoms with van der Waals surface area (Å²) in [5.74, 6) is -2.56. The van der Waals surface area contributed by atoms with Crippen molar-refractivity contribution in [2.24, 2.45) is 0 Å². The van der Waals surface area contributed by atoms with E-state index in [0.29, 0.717) is 5.75 Å². The van der Waals surface area contributed by atoms with Crippen molar-refractivity contribution in [1.82, 2.24) is 0 Å². The maximum Gasteiger partial charge on any atom is 0.336 e. The fourth-order valence-corrected chi connectivity index (χ4v) is 3.03. The van der Waals surface area contributed by atoms with Gasteiger partial charge in [-0.3, -0.25) is 4.72 Å². The van der Waals surface area contributed by atoms with Crippen LogP contribution in [-0.4, -0.2) is 37.7 Å². The van der Waals surface area contributed by atoms with E-state index in [0.717, 1.165) is 18.2 Å². The van der Waals surface area contributed by atoms with Gasteiger partial charge in [0.2, 0.25) is 0 Å². The lowest BCUT2D eigenvalue weighted by Gasteiger charge is -2.10. The van der Waals surface area contributed by atoms with E-state index in [1.54, 1.807) is 12.1 Å². The van der Waals surface area contributed by atoms with Crippen LogP contribution < -0.4 is 9.46 Å². The molecule has 0 aromatic heterocycles. The molecule has 0 saturated carbocycles. The van der Waals surface area contributed by atoms with Crippen molar-refractivity contribution in [3.63, 3.8) is 0 Å². The molecule has 0 saturated heterocycles. The first-order chi connectivity index (χ1) is 11.2. The number of ether oxygens (including phenoxy) is 1. The highest BCUT2D eigenvalue weighted by Crippen LogP contribution is 2.22. The van der Waals surface area contributed by atoms with Gasteiger partial charge >= 0.3 is 11.9 Å². The van der Waals surface area contributed by atoms with E-state index < -0.39 is 33.1 Å². The van der Waals surface area contributed by atoms with Crippen molar-refractivity contribution in [2.45, 2.75) is 4.90 Å². The average molecular weight is 351 g/mol. The number of benzene rings is 2. The van der Waals surface area contributed by atoms with E-state index in [1.807, 2.05) is 0 Å². The van der Waals surface area contributed by atoms with Gasteiger partial charge in [-0.1, -0.05) is 6.07 Å². The third-order valence-corrected chi connectivity index (χ3v) is 4.46. The molecule has 0 aliphatic carbocycles. The summed E-state index contributed by atoms with van der Waals surface area (Å²) in [6.45, 7) is 0. The number of carboxylic acid groups (broad SMARTS) is 2. The Balaban J connectivity index is 2.43. The summed E-state index contributed by atoms with van der Waals surface area (Å²) in [7, 11) is -2.67. The molecule has 0 fully saturated rings. The largest absolute Gasteiger partial charge is 0.497 e. The van der Waals surface area contributed by atoms with Gasteiger partial charge in [0.15, 0.2) is 0 Å². The van der Waals surface area contributed by atoms with Gasteiger partial charge in [-0.15, -0.1) is 0 Å². The van der Waals surface area contributed by atoms with Crippen molar-refractivity contribution >= 4 is 27.6 Å². The molecule has 0 aliphatic rings. The number of nitrogens with one attached hydrogen (secondary N) is 1. The summed E-state index contributed by atoms with van der Waals surface area (Å²) in [5.41, 5.74) is -0.896. The fraction of sp³-hybridized carbons (Fsp3) is 0.0667. The van der Waals surface area contributed by atoms with Crippen LogP contribution in [0.1, 0.15) is 20.7 Å². The van der Waals surface area contributed by atoms with Crippen LogP contribution >= 0.6 is 0 Å². The molecule has 9 heteroatoms. The summed E-state index contributed by atoms with van der Waals surface area (Å²) < 4.78 is 32.0. The van der Waals surface area contributed by atoms with Crippen molar-refractivity contribution in [3.8, 4) is 5.75 Å². The summed E-state index contributed by atoms with van der Waals surface area (Å²) >= 11 is 0. The monoisotopic (exact) mass is 351 g/mol. The minimum Gasteiger partial charge on any atom is -0.497 e. The topological polar surface area (TPSA) is 130 Å². The van der Waals surface area contributed by atoms with Crippen LogP contribution in [0.5, 0.6) is 5.75 Å². The number of carbonyl (C=O) groups is 2. The number of hydrogen-bond acceptors (Lipinski definition) is 5. The minimum atomic E-state index is -4.10. The third kappa shape index (κ3) is 3.63. The Morgan fingerprint density at radius 2 is 1.67 bits per heavy atom. The van der Waals surface area contributed by atoms with Crippen molar-refractivity contribution in [3.05, 3.63) is 53.6 Å². The third-order valence-electron chi connectivity index (χ3n) is 3.08. The lowest BCUT2D eigenvalue weighted by molar-refractivity contribution is 0.0651. The smallest absolute Gasteiger partial charge is 0.336 e. The Morgan fingerprint density at radius 1 is 1.00 bits per heavy atom. The van der Waals surface area contributed by atoms with Crippen LogP contribution in [0.15, 0.2) is 47.4 Å². The molecule has 2 aromatic rings. The van der Waals surface area contributed by atoms with Crippen LogP contribution in [-0.2, 0) is 10.0 Å². The summed E-state index contributed by atoms with van der Waals surface area (Å²) in [5, 5.41) is 18.0. The van der Waals surface area contributed by atoms with E-state index in [1.165, 1.54) is 19.2 Å². The molecule has 24 heavy (non-hydrogen) atoms. The van der Waals surface area contributed by atoms with Crippen LogP contribution in [0.4, 0.5) is 5.69 Å². The Hall–Kier alpha value is -3.07. The number of rotatable bonds is 6. The van der Waals surface area contributed by atoms with Crippen LogP contribution in [0, 0.1) is 0 Å². The number of aromatic carboxylic acids is 2. The molecular weight excluding hydrogens is 338 g/mol. The Labute approximate surface area is 137 Å². The Bertz CT molecular complexity index is 906. The number of methoxy groups -OCH3 is 1. The van der Waals surface area contributed by atoms with Gasteiger partial charge in [0.25, 0.3) is 10.0 Å². The zero-order valence-electron chi connectivity index (χ0n) is 12.4. The standard InChI is InChI=1S/C15H13NO7S/c1-23-10-4-2-3-9(7-10)16-24(21,22)11-5-6-12(14(17)18)13(8-11)15(19)20/h2-8,16H,1H3,(H,17,18)(H,19,20). The Kier molecular flexibility index (Phi) is 4.74. The first kappa shape index (κ1) is 17.3. The van der Waals surface area contributed by atoms with Crippen LogP contribution in [0.3, 0.4) is 0 Å². The van der Waals surface area contributed by atoms with Crippen LogP contribution in [0.2, 0.25) is 0 Å². The zero-order chi connectivity index (χ0) is 17.9.